The molecule has 3 aromatic rings. The summed E-state index contributed by atoms with van der Waals surface area (Å²) in [4.78, 5) is 0. The van der Waals surface area contributed by atoms with Crippen LogP contribution in [0.25, 0.3) is 22.6 Å². The van der Waals surface area contributed by atoms with Crippen molar-refractivity contribution >= 4 is 5.82 Å². The summed E-state index contributed by atoms with van der Waals surface area (Å²) in [6.07, 6.45) is 1.58. The first-order chi connectivity index (χ1) is 9.66. The van der Waals surface area contributed by atoms with Gasteiger partial charge in [0, 0.05) is 0 Å². The van der Waals surface area contributed by atoms with Gasteiger partial charge in [-0.15, -0.1) is 0 Å². The van der Waals surface area contributed by atoms with E-state index in [1.807, 2.05) is 12.1 Å². The summed E-state index contributed by atoms with van der Waals surface area (Å²) < 4.78 is 5.27. The smallest absolute Gasteiger partial charge is 0.198 e. The molecule has 0 saturated heterocycles. The molecule has 0 aliphatic heterocycles. The minimum absolute atomic E-state index is 0.347. The van der Waals surface area contributed by atoms with Crippen molar-refractivity contribution < 1.29 is 4.52 Å². The van der Waals surface area contributed by atoms with E-state index >= 15 is 0 Å². The Morgan fingerprint density at radius 2 is 1.95 bits per heavy atom. The first kappa shape index (κ1) is 12.4. The highest BCUT2D eigenvalue weighted by Crippen LogP contribution is 2.35. The van der Waals surface area contributed by atoms with Crippen LogP contribution in [0.5, 0.6) is 0 Å². The van der Waals surface area contributed by atoms with Crippen LogP contribution >= 0.6 is 0 Å². The van der Waals surface area contributed by atoms with Crippen LogP contribution in [0.2, 0.25) is 0 Å². The van der Waals surface area contributed by atoms with Crippen molar-refractivity contribution in [3.05, 3.63) is 36.0 Å². The monoisotopic (exact) mass is 269 g/mol. The van der Waals surface area contributed by atoms with Crippen LogP contribution in [0.3, 0.4) is 0 Å². The molecule has 0 unspecified atom stereocenters. The van der Waals surface area contributed by atoms with Gasteiger partial charge in [-0.05, 0) is 17.0 Å². The quantitative estimate of drug-likeness (QED) is 0.762. The number of aromatic amines is 1. The maximum absolute atomic E-state index is 5.91. The van der Waals surface area contributed by atoms with Crippen LogP contribution in [0.4, 0.5) is 5.82 Å². The van der Waals surface area contributed by atoms with Gasteiger partial charge in [0.15, 0.2) is 17.3 Å². The molecular weight excluding hydrogens is 254 g/mol. The molecule has 3 rings (SSSR count). The molecular formula is C14H15N5O. The van der Waals surface area contributed by atoms with Gasteiger partial charge in [0.05, 0.1) is 11.8 Å². The Morgan fingerprint density at radius 1 is 1.20 bits per heavy atom. The van der Waals surface area contributed by atoms with E-state index in [1.54, 1.807) is 6.20 Å². The van der Waals surface area contributed by atoms with Crippen molar-refractivity contribution in [2.75, 3.05) is 5.73 Å². The lowest BCUT2D eigenvalue weighted by atomic mass is 9.98. The number of nitrogens with two attached hydrogens (primary N) is 1. The Hall–Kier alpha value is -2.63. The second kappa shape index (κ2) is 4.80. The molecule has 20 heavy (non-hydrogen) atoms. The maximum atomic E-state index is 5.91. The number of benzene rings is 1. The summed E-state index contributed by atoms with van der Waals surface area (Å²) in [6, 6.07) is 8.20. The van der Waals surface area contributed by atoms with E-state index in [2.05, 4.69) is 46.5 Å². The molecule has 0 saturated carbocycles. The van der Waals surface area contributed by atoms with E-state index < -0.39 is 0 Å². The van der Waals surface area contributed by atoms with E-state index in [4.69, 9.17) is 10.3 Å². The predicted octanol–water partition coefficient (Wildman–Crippen LogP) is 2.83. The van der Waals surface area contributed by atoms with Crippen molar-refractivity contribution in [1.82, 2.24) is 20.6 Å². The third-order valence-electron chi connectivity index (χ3n) is 3.23. The van der Waals surface area contributed by atoms with E-state index in [1.165, 1.54) is 5.56 Å². The fourth-order valence-electron chi connectivity index (χ4n) is 2.10. The second-order valence-electron chi connectivity index (χ2n) is 4.90. The Morgan fingerprint density at radius 3 is 2.55 bits per heavy atom. The number of nitrogens with one attached hydrogen (secondary N) is 1. The Kier molecular flexibility index (Phi) is 2.98. The topological polar surface area (TPSA) is 93.6 Å². The molecule has 0 amide bonds. The van der Waals surface area contributed by atoms with E-state index in [0.717, 1.165) is 11.1 Å². The molecule has 6 nitrogen and oxygen atoms in total. The lowest BCUT2D eigenvalue weighted by molar-refractivity contribution is 0.434. The SMILES string of the molecule is CC(C)c1ccc(-c2c(N)noc2-c2cn[nH]n2)cc1. The minimum atomic E-state index is 0.347. The summed E-state index contributed by atoms with van der Waals surface area (Å²) in [5.41, 5.74) is 9.46. The molecule has 0 radical (unpaired) electrons. The average Bonchev–Trinajstić information content (AvgIpc) is 3.07. The van der Waals surface area contributed by atoms with Gasteiger partial charge in [-0.1, -0.05) is 43.3 Å². The first-order valence-electron chi connectivity index (χ1n) is 6.38. The third kappa shape index (κ3) is 2.05. The highest BCUT2D eigenvalue weighted by atomic mass is 16.5. The number of anilines is 1. The van der Waals surface area contributed by atoms with Gasteiger partial charge in [0.25, 0.3) is 0 Å². The van der Waals surface area contributed by atoms with Crippen molar-refractivity contribution in [3.63, 3.8) is 0 Å². The van der Waals surface area contributed by atoms with Crippen molar-refractivity contribution in [1.29, 1.82) is 0 Å². The molecule has 0 fully saturated rings. The van der Waals surface area contributed by atoms with Crippen LogP contribution in [-0.4, -0.2) is 20.6 Å². The van der Waals surface area contributed by atoms with Crippen LogP contribution in [0.15, 0.2) is 35.0 Å². The average molecular weight is 269 g/mol. The van der Waals surface area contributed by atoms with Gasteiger partial charge in [0.2, 0.25) is 0 Å². The number of hydrogen-bond donors (Lipinski definition) is 2. The molecule has 102 valence electrons. The normalized spacial score (nSPS) is 11.2. The number of rotatable bonds is 3. The standard InChI is InChI=1S/C14H15N5O/c1-8(2)9-3-5-10(6-4-9)12-13(20-18-14(12)15)11-7-16-19-17-11/h3-8H,1-2H3,(H2,15,18)(H,16,17,19). The molecule has 2 aromatic heterocycles. The zero-order valence-corrected chi connectivity index (χ0v) is 11.3. The number of aromatic nitrogens is 4. The summed E-state index contributed by atoms with van der Waals surface area (Å²) in [6.45, 7) is 4.31. The molecule has 0 spiro atoms. The molecule has 0 aliphatic rings. The predicted molar refractivity (Wildman–Crippen MR) is 75.8 cm³/mol. The molecule has 6 heteroatoms. The molecule has 3 N–H and O–H groups in total. The fourth-order valence-corrected chi connectivity index (χ4v) is 2.10. The van der Waals surface area contributed by atoms with Gasteiger partial charge in [-0.3, -0.25) is 0 Å². The molecule has 0 bridgehead atoms. The highest BCUT2D eigenvalue weighted by molar-refractivity contribution is 5.85. The molecule has 0 aliphatic carbocycles. The van der Waals surface area contributed by atoms with E-state index in [0.29, 0.717) is 23.2 Å². The Bertz CT molecular complexity index is 698. The summed E-state index contributed by atoms with van der Waals surface area (Å²) in [5.74, 6) is 1.35. The van der Waals surface area contributed by atoms with Gasteiger partial charge in [-0.25, -0.2) is 0 Å². The molecule has 2 heterocycles. The largest absolute Gasteiger partial charge is 0.380 e. The second-order valence-corrected chi connectivity index (χ2v) is 4.90. The lowest BCUT2D eigenvalue weighted by Gasteiger charge is -2.06. The fraction of sp³-hybridized carbons (Fsp3) is 0.214. The van der Waals surface area contributed by atoms with Crippen molar-refractivity contribution in [2.45, 2.75) is 19.8 Å². The zero-order valence-electron chi connectivity index (χ0n) is 11.3. The first-order valence-corrected chi connectivity index (χ1v) is 6.38. The van der Waals surface area contributed by atoms with Gasteiger partial charge in [-0.2, -0.15) is 15.4 Å². The number of hydrogen-bond acceptors (Lipinski definition) is 5. The molecule has 0 atom stereocenters. The van der Waals surface area contributed by atoms with Gasteiger partial charge in [0.1, 0.15) is 0 Å². The Labute approximate surface area is 116 Å². The van der Waals surface area contributed by atoms with Gasteiger partial charge < -0.3 is 10.3 Å². The Balaban J connectivity index is 2.08. The minimum Gasteiger partial charge on any atom is -0.380 e. The van der Waals surface area contributed by atoms with E-state index in [-0.39, 0.29) is 0 Å². The lowest BCUT2D eigenvalue weighted by Crippen LogP contribution is -1.91. The summed E-state index contributed by atoms with van der Waals surface area (Å²) >= 11 is 0. The molecule has 1 aromatic carbocycles. The summed E-state index contributed by atoms with van der Waals surface area (Å²) in [7, 11) is 0. The highest BCUT2D eigenvalue weighted by Gasteiger charge is 2.19. The van der Waals surface area contributed by atoms with Crippen molar-refractivity contribution in [2.24, 2.45) is 0 Å². The number of H-pyrrole nitrogens is 1. The zero-order chi connectivity index (χ0) is 14.1. The number of nitrogen functional groups attached to an aromatic ring is 1. The van der Waals surface area contributed by atoms with Crippen LogP contribution < -0.4 is 5.73 Å². The maximum Gasteiger partial charge on any atom is 0.198 e. The summed E-state index contributed by atoms with van der Waals surface area (Å²) in [5, 5.41) is 14.2. The number of nitrogens with zero attached hydrogens (tertiary/aromatic N) is 3. The van der Waals surface area contributed by atoms with Gasteiger partial charge >= 0.3 is 0 Å². The van der Waals surface area contributed by atoms with Crippen LogP contribution in [-0.2, 0) is 0 Å². The third-order valence-corrected chi connectivity index (χ3v) is 3.23. The van der Waals surface area contributed by atoms with E-state index in [9.17, 15) is 0 Å². The van der Waals surface area contributed by atoms with Crippen LogP contribution in [0, 0.1) is 0 Å². The van der Waals surface area contributed by atoms with Crippen molar-refractivity contribution in [3.8, 4) is 22.6 Å². The van der Waals surface area contributed by atoms with Crippen LogP contribution in [0.1, 0.15) is 25.3 Å².